The van der Waals surface area contributed by atoms with Crippen LogP contribution in [0.3, 0.4) is 0 Å². The monoisotopic (exact) mass is 488 g/mol. The molecule has 0 aliphatic heterocycles. The summed E-state index contributed by atoms with van der Waals surface area (Å²) in [7, 11) is -3.27. The number of hydrogen-bond acceptors (Lipinski definition) is 5. The van der Waals surface area contributed by atoms with Gasteiger partial charge >= 0.3 is 0 Å². The van der Waals surface area contributed by atoms with Crippen LogP contribution < -0.4 is 0 Å². The first-order valence-corrected chi connectivity index (χ1v) is 12.6. The molecule has 0 aliphatic carbocycles. The van der Waals surface area contributed by atoms with Gasteiger partial charge in [0.15, 0.2) is 9.84 Å². The lowest BCUT2D eigenvalue weighted by Crippen LogP contribution is -2.02. The number of halogens is 2. The van der Waals surface area contributed by atoms with E-state index in [1.54, 1.807) is 47.2 Å². The Kier molecular flexibility index (Phi) is 6.22. The normalized spacial score (nSPS) is 11.7. The fourth-order valence-electron chi connectivity index (χ4n) is 3.62. The van der Waals surface area contributed by atoms with E-state index in [0.717, 1.165) is 17.7 Å². The van der Waals surface area contributed by atoms with Gasteiger partial charge in [-0.05, 0) is 35.4 Å². The minimum absolute atomic E-state index is 0.0377. The molecule has 0 saturated carbocycles. The Hall–Kier alpha value is -3.24. The Morgan fingerprint density at radius 1 is 0.970 bits per heavy atom. The van der Waals surface area contributed by atoms with Crippen LogP contribution in [0.15, 0.2) is 76.7 Å². The second kappa shape index (κ2) is 8.95. The highest BCUT2D eigenvalue weighted by molar-refractivity contribution is 7.99. The van der Waals surface area contributed by atoms with Crippen molar-refractivity contribution in [2.45, 2.75) is 22.1 Å². The lowest BCUT2D eigenvalue weighted by atomic mass is 10.2. The van der Waals surface area contributed by atoms with Gasteiger partial charge in [-0.3, -0.25) is 10.1 Å². The number of sulfone groups is 1. The highest BCUT2D eigenvalue weighted by Crippen LogP contribution is 2.39. The molecule has 33 heavy (non-hydrogen) atoms. The summed E-state index contributed by atoms with van der Waals surface area (Å²) in [6, 6.07) is 14.8. The zero-order valence-corrected chi connectivity index (χ0v) is 19.0. The average Bonchev–Trinajstić information content (AvgIpc) is 3.02. The van der Waals surface area contributed by atoms with Crippen LogP contribution in [0.4, 0.5) is 14.5 Å². The van der Waals surface area contributed by atoms with Crippen molar-refractivity contribution in [2.75, 3.05) is 6.26 Å². The first-order valence-electron chi connectivity index (χ1n) is 9.75. The zero-order chi connectivity index (χ0) is 23.8. The Bertz CT molecular complexity index is 1460. The molecule has 1 heterocycles. The fraction of sp³-hybridized carbons (Fsp3) is 0.130. The van der Waals surface area contributed by atoms with Gasteiger partial charge < -0.3 is 4.57 Å². The number of aromatic nitrogens is 1. The molecule has 10 heteroatoms. The molecule has 170 valence electrons. The highest BCUT2D eigenvalue weighted by Gasteiger charge is 2.18. The number of nitro benzene ring substituents is 1. The Labute approximate surface area is 192 Å². The molecule has 0 atom stereocenters. The molecule has 0 saturated heterocycles. The predicted octanol–water partition coefficient (Wildman–Crippen LogP) is 5.57. The number of nitrogens with zero attached hydrogens (tertiary/aromatic N) is 2. The van der Waals surface area contributed by atoms with Crippen LogP contribution >= 0.6 is 11.8 Å². The average molecular weight is 489 g/mol. The van der Waals surface area contributed by atoms with Gasteiger partial charge in [-0.25, -0.2) is 17.2 Å². The van der Waals surface area contributed by atoms with Crippen molar-refractivity contribution in [1.29, 1.82) is 0 Å². The smallest absolute Gasteiger partial charge is 0.283 e. The van der Waals surface area contributed by atoms with Gasteiger partial charge in [-0.2, -0.15) is 0 Å². The number of hydrogen-bond donors (Lipinski definition) is 0. The van der Waals surface area contributed by atoms with E-state index < -0.39 is 26.4 Å². The van der Waals surface area contributed by atoms with Crippen LogP contribution in [0, 0.1) is 21.7 Å². The second-order valence-corrected chi connectivity index (χ2v) is 10.9. The summed E-state index contributed by atoms with van der Waals surface area (Å²) >= 11 is 1.20. The molecule has 0 amide bonds. The molecular weight excluding hydrogens is 470 g/mol. The first-order chi connectivity index (χ1) is 15.6. The number of nitro groups is 1. The summed E-state index contributed by atoms with van der Waals surface area (Å²) in [4.78, 5) is 12.1. The number of rotatable bonds is 7. The molecule has 0 spiro atoms. The summed E-state index contributed by atoms with van der Waals surface area (Å²) < 4.78 is 52.8. The minimum atomic E-state index is -3.27. The van der Waals surface area contributed by atoms with Crippen LogP contribution in [0.2, 0.25) is 0 Å². The standard InChI is InChI=1S/C23H18F2N2O4S2/c1-33(30,31)14-15-6-7-19-21(10-15)26(12-16-8-17(24)11-18(25)9-16)13-23(19)32-22-5-3-2-4-20(22)27(28)29/h2-11,13H,12,14H2,1H3. The van der Waals surface area contributed by atoms with Gasteiger partial charge in [-0.1, -0.05) is 36.0 Å². The van der Waals surface area contributed by atoms with E-state index >= 15 is 0 Å². The fourth-order valence-corrected chi connectivity index (χ4v) is 5.50. The van der Waals surface area contributed by atoms with Crippen molar-refractivity contribution in [3.63, 3.8) is 0 Å². The summed E-state index contributed by atoms with van der Waals surface area (Å²) in [5.41, 5.74) is 1.57. The zero-order valence-electron chi connectivity index (χ0n) is 17.4. The number of benzene rings is 3. The maximum Gasteiger partial charge on any atom is 0.283 e. The molecule has 4 rings (SSSR count). The summed E-state index contributed by atoms with van der Waals surface area (Å²) in [5.74, 6) is -1.56. The molecular formula is C23H18F2N2O4S2. The van der Waals surface area contributed by atoms with Crippen LogP contribution in [0.1, 0.15) is 11.1 Å². The van der Waals surface area contributed by atoms with E-state index in [-0.39, 0.29) is 18.0 Å². The minimum Gasteiger partial charge on any atom is -0.342 e. The van der Waals surface area contributed by atoms with Gasteiger partial charge in [0.25, 0.3) is 5.69 Å². The van der Waals surface area contributed by atoms with Crippen molar-refractivity contribution in [3.05, 3.63) is 99.7 Å². The Balaban J connectivity index is 1.83. The first kappa shape index (κ1) is 22.9. The topological polar surface area (TPSA) is 82.2 Å². The van der Waals surface area contributed by atoms with Gasteiger partial charge in [0, 0.05) is 46.9 Å². The van der Waals surface area contributed by atoms with Gasteiger partial charge in [-0.15, -0.1) is 0 Å². The van der Waals surface area contributed by atoms with Gasteiger partial charge in [0.05, 0.1) is 15.6 Å². The third-order valence-electron chi connectivity index (χ3n) is 4.90. The molecule has 0 aliphatic rings. The quantitative estimate of drug-likeness (QED) is 0.251. The maximum absolute atomic E-state index is 13.7. The Morgan fingerprint density at radius 2 is 1.67 bits per heavy atom. The van der Waals surface area contributed by atoms with E-state index in [4.69, 9.17) is 0 Å². The molecule has 0 radical (unpaired) electrons. The van der Waals surface area contributed by atoms with Crippen molar-refractivity contribution < 1.29 is 22.1 Å². The summed E-state index contributed by atoms with van der Waals surface area (Å²) in [6.45, 7) is 0.130. The maximum atomic E-state index is 13.7. The van der Waals surface area contributed by atoms with Crippen LogP contribution in [-0.2, 0) is 22.1 Å². The predicted molar refractivity (Wildman–Crippen MR) is 123 cm³/mol. The lowest BCUT2D eigenvalue weighted by molar-refractivity contribution is -0.387. The molecule has 0 fully saturated rings. The SMILES string of the molecule is CS(=O)(=O)Cc1ccc2c(Sc3ccccc3[N+](=O)[O-])cn(Cc3cc(F)cc(F)c3)c2c1. The largest absolute Gasteiger partial charge is 0.342 e. The van der Waals surface area contributed by atoms with Crippen molar-refractivity contribution in [2.24, 2.45) is 0 Å². The van der Waals surface area contributed by atoms with E-state index in [2.05, 4.69) is 0 Å². The number of fused-ring (bicyclic) bond motifs is 1. The lowest BCUT2D eigenvalue weighted by Gasteiger charge is -2.08. The molecule has 0 N–H and O–H groups in total. The molecule has 1 aromatic heterocycles. The van der Waals surface area contributed by atoms with E-state index in [0.29, 0.717) is 26.4 Å². The molecule has 6 nitrogen and oxygen atoms in total. The second-order valence-electron chi connectivity index (χ2n) is 7.65. The van der Waals surface area contributed by atoms with Gasteiger partial charge in [0.1, 0.15) is 11.6 Å². The third-order valence-corrected chi connectivity index (χ3v) is 6.86. The molecule has 0 unspecified atom stereocenters. The van der Waals surface area contributed by atoms with Crippen molar-refractivity contribution in [3.8, 4) is 0 Å². The summed E-state index contributed by atoms with van der Waals surface area (Å²) in [6.07, 6.45) is 2.89. The van der Waals surface area contributed by atoms with E-state index in [1.165, 1.54) is 30.0 Å². The van der Waals surface area contributed by atoms with E-state index in [9.17, 15) is 27.3 Å². The van der Waals surface area contributed by atoms with E-state index in [1.807, 2.05) is 0 Å². The number of para-hydroxylation sites is 1. The van der Waals surface area contributed by atoms with Gasteiger partial charge in [0.2, 0.25) is 0 Å². The molecule has 4 aromatic rings. The van der Waals surface area contributed by atoms with Crippen LogP contribution in [-0.4, -0.2) is 24.2 Å². The molecule has 0 bridgehead atoms. The third kappa shape index (κ3) is 5.40. The van der Waals surface area contributed by atoms with Crippen LogP contribution in [0.5, 0.6) is 0 Å². The van der Waals surface area contributed by atoms with Crippen LogP contribution in [0.25, 0.3) is 10.9 Å². The Morgan fingerprint density at radius 3 is 2.33 bits per heavy atom. The summed E-state index contributed by atoms with van der Waals surface area (Å²) in [5, 5.41) is 12.2. The molecule has 3 aromatic carbocycles. The van der Waals surface area contributed by atoms with Crippen molar-refractivity contribution >= 4 is 38.2 Å². The van der Waals surface area contributed by atoms with Crippen molar-refractivity contribution in [1.82, 2.24) is 4.57 Å². The highest BCUT2D eigenvalue weighted by atomic mass is 32.2.